The van der Waals surface area contributed by atoms with E-state index in [1.54, 1.807) is 0 Å². The lowest BCUT2D eigenvalue weighted by Crippen LogP contribution is -2.63. The van der Waals surface area contributed by atoms with E-state index in [4.69, 9.17) is 4.74 Å². The highest BCUT2D eigenvalue weighted by Crippen LogP contribution is 2.34. The first-order valence-corrected chi connectivity index (χ1v) is 8.90. The molecule has 0 saturated carbocycles. The molecule has 0 aliphatic carbocycles. The smallest absolute Gasteiger partial charge is 0.409 e. The number of carbonyl (C=O) groups excluding carboxylic acids is 1. The highest BCUT2D eigenvalue weighted by molar-refractivity contribution is 5.68. The zero-order valence-corrected chi connectivity index (χ0v) is 14.9. The number of carbonyl (C=O) groups is 1. The number of nitrogens with one attached hydrogen (secondary N) is 3. The van der Waals surface area contributed by atoms with Crippen molar-refractivity contribution in [1.29, 1.82) is 0 Å². The fraction of sp³-hybridized carbons (Fsp3) is 0.632. The Balaban J connectivity index is 1.57. The van der Waals surface area contributed by atoms with Gasteiger partial charge in [-0.1, -0.05) is 30.3 Å². The monoisotopic (exact) mass is 331 g/mol. The molecule has 3 N–H and O–H groups in total. The van der Waals surface area contributed by atoms with Crippen LogP contribution in [-0.4, -0.2) is 29.4 Å². The van der Waals surface area contributed by atoms with Crippen LogP contribution in [0, 0.1) is 0 Å². The van der Waals surface area contributed by atoms with Crippen LogP contribution in [-0.2, 0) is 11.3 Å². The molecule has 2 bridgehead atoms. The predicted molar refractivity (Wildman–Crippen MR) is 94.6 cm³/mol. The van der Waals surface area contributed by atoms with Gasteiger partial charge >= 0.3 is 6.09 Å². The highest BCUT2D eigenvalue weighted by Gasteiger charge is 2.46. The number of alkyl carbamates (subject to hydrolysis) is 1. The summed E-state index contributed by atoms with van der Waals surface area (Å²) in [4.78, 5) is 12.2. The molecule has 5 heteroatoms. The average Bonchev–Trinajstić information content (AvgIpc) is 2.78. The molecule has 3 unspecified atom stereocenters. The largest absolute Gasteiger partial charge is 0.444 e. The number of ether oxygens (including phenoxy) is 1. The van der Waals surface area contributed by atoms with Crippen molar-refractivity contribution in [3.8, 4) is 0 Å². The van der Waals surface area contributed by atoms with Gasteiger partial charge in [0, 0.05) is 18.6 Å². The van der Waals surface area contributed by atoms with E-state index in [0.717, 1.165) is 32.2 Å². The topological polar surface area (TPSA) is 62.4 Å². The first-order chi connectivity index (χ1) is 11.3. The number of piperidine rings is 1. The average molecular weight is 331 g/mol. The van der Waals surface area contributed by atoms with E-state index < -0.39 is 5.60 Å². The summed E-state index contributed by atoms with van der Waals surface area (Å²) >= 11 is 0. The van der Waals surface area contributed by atoms with Crippen molar-refractivity contribution in [1.82, 2.24) is 16.0 Å². The van der Waals surface area contributed by atoms with Gasteiger partial charge < -0.3 is 15.4 Å². The summed E-state index contributed by atoms with van der Waals surface area (Å²) in [5.41, 5.74) is 0.482. The Morgan fingerprint density at radius 2 is 2.08 bits per heavy atom. The zero-order valence-electron chi connectivity index (χ0n) is 14.9. The maximum absolute atomic E-state index is 12.2. The summed E-state index contributed by atoms with van der Waals surface area (Å²) in [5.74, 6) is 0. The maximum Gasteiger partial charge on any atom is 0.409 e. The predicted octanol–water partition coefficient (Wildman–Crippen LogP) is 2.91. The van der Waals surface area contributed by atoms with Gasteiger partial charge in [0.25, 0.3) is 0 Å². The van der Waals surface area contributed by atoms with Crippen LogP contribution in [0.15, 0.2) is 30.3 Å². The molecule has 1 aromatic carbocycles. The molecular formula is C19H29N3O2. The van der Waals surface area contributed by atoms with Crippen LogP contribution in [0.5, 0.6) is 0 Å². The second-order valence-corrected chi connectivity index (χ2v) is 8.09. The Morgan fingerprint density at radius 1 is 1.33 bits per heavy atom. The van der Waals surface area contributed by atoms with Gasteiger partial charge in [0.05, 0.1) is 5.66 Å². The standard InChI is InChI=1S/C19H29N3O2/c1-18(2,3)24-17(23)22-19-10-9-15(21-19)11-16(12-19)20-13-14-7-5-4-6-8-14/h4-8,15-16,20-21H,9-13H2,1-3H3,(H,22,23). The number of hydrogen-bond donors (Lipinski definition) is 3. The van der Waals surface area contributed by atoms with E-state index in [0.29, 0.717) is 12.1 Å². The van der Waals surface area contributed by atoms with E-state index >= 15 is 0 Å². The van der Waals surface area contributed by atoms with Crippen molar-refractivity contribution in [2.75, 3.05) is 0 Å². The first kappa shape index (κ1) is 17.2. The SMILES string of the molecule is CC(C)(C)OC(=O)NC12CCC(CC(NCc3ccccc3)C1)N2. The molecule has 3 atom stereocenters. The molecule has 0 radical (unpaired) electrons. The van der Waals surface area contributed by atoms with Crippen LogP contribution in [0.4, 0.5) is 4.79 Å². The summed E-state index contributed by atoms with van der Waals surface area (Å²) in [7, 11) is 0. The van der Waals surface area contributed by atoms with Gasteiger partial charge in [-0.15, -0.1) is 0 Å². The van der Waals surface area contributed by atoms with Crippen LogP contribution in [0.1, 0.15) is 52.0 Å². The van der Waals surface area contributed by atoms with Crippen molar-refractivity contribution in [3.63, 3.8) is 0 Å². The lowest BCUT2D eigenvalue weighted by atomic mass is 9.94. The molecule has 2 fully saturated rings. The van der Waals surface area contributed by atoms with Gasteiger partial charge in [0.2, 0.25) is 0 Å². The molecule has 0 spiro atoms. The molecule has 1 aromatic rings. The molecule has 2 saturated heterocycles. The molecule has 132 valence electrons. The third-order valence-corrected chi connectivity index (χ3v) is 4.74. The third-order valence-electron chi connectivity index (χ3n) is 4.74. The number of hydrogen-bond acceptors (Lipinski definition) is 4. The van der Waals surface area contributed by atoms with Crippen molar-refractivity contribution in [2.45, 2.75) is 76.3 Å². The Labute approximate surface area is 144 Å². The minimum atomic E-state index is -0.474. The quantitative estimate of drug-likeness (QED) is 0.794. The molecule has 2 aliphatic rings. The fourth-order valence-electron chi connectivity index (χ4n) is 3.80. The van der Waals surface area contributed by atoms with Gasteiger partial charge in [0.1, 0.15) is 5.60 Å². The summed E-state index contributed by atoms with van der Waals surface area (Å²) in [6.45, 7) is 6.53. The number of fused-ring (bicyclic) bond motifs is 2. The van der Waals surface area contributed by atoms with Crippen LogP contribution < -0.4 is 16.0 Å². The number of amides is 1. The Kier molecular flexibility index (Phi) is 4.83. The molecule has 3 rings (SSSR count). The first-order valence-electron chi connectivity index (χ1n) is 8.90. The van der Waals surface area contributed by atoms with Crippen LogP contribution in [0.3, 0.4) is 0 Å². The highest BCUT2D eigenvalue weighted by atomic mass is 16.6. The molecule has 5 nitrogen and oxygen atoms in total. The van der Waals surface area contributed by atoms with Crippen LogP contribution in [0.2, 0.25) is 0 Å². The lowest BCUT2D eigenvalue weighted by Gasteiger charge is -2.40. The van der Waals surface area contributed by atoms with Gasteiger partial charge in [-0.2, -0.15) is 0 Å². The molecular weight excluding hydrogens is 302 g/mol. The zero-order chi connectivity index (χ0) is 17.2. The second kappa shape index (κ2) is 6.73. The molecule has 0 aromatic heterocycles. The van der Waals surface area contributed by atoms with Crippen molar-refractivity contribution < 1.29 is 9.53 Å². The van der Waals surface area contributed by atoms with Crippen molar-refractivity contribution in [2.24, 2.45) is 0 Å². The summed E-state index contributed by atoms with van der Waals surface area (Å²) in [5, 5.41) is 10.3. The molecule has 2 heterocycles. The summed E-state index contributed by atoms with van der Waals surface area (Å²) < 4.78 is 5.44. The van der Waals surface area contributed by atoms with Crippen LogP contribution in [0.25, 0.3) is 0 Å². The Bertz CT molecular complexity index is 570. The number of benzene rings is 1. The van der Waals surface area contributed by atoms with E-state index in [9.17, 15) is 4.79 Å². The minimum Gasteiger partial charge on any atom is -0.444 e. The van der Waals surface area contributed by atoms with E-state index in [-0.39, 0.29) is 11.8 Å². The maximum atomic E-state index is 12.2. The fourth-order valence-corrected chi connectivity index (χ4v) is 3.80. The lowest BCUT2D eigenvalue weighted by molar-refractivity contribution is 0.0404. The molecule has 2 aliphatic heterocycles. The molecule has 24 heavy (non-hydrogen) atoms. The van der Waals surface area contributed by atoms with E-state index in [2.05, 4.69) is 40.2 Å². The molecule has 1 amide bonds. The summed E-state index contributed by atoms with van der Waals surface area (Å²) in [6, 6.07) is 11.3. The van der Waals surface area contributed by atoms with Crippen LogP contribution >= 0.6 is 0 Å². The van der Waals surface area contributed by atoms with Crippen molar-refractivity contribution in [3.05, 3.63) is 35.9 Å². The van der Waals surface area contributed by atoms with Crippen molar-refractivity contribution >= 4 is 6.09 Å². The Morgan fingerprint density at radius 3 is 2.79 bits per heavy atom. The van der Waals surface area contributed by atoms with E-state index in [1.165, 1.54) is 5.56 Å². The second-order valence-electron chi connectivity index (χ2n) is 8.09. The van der Waals surface area contributed by atoms with Gasteiger partial charge in [-0.3, -0.25) is 5.32 Å². The van der Waals surface area contributed by atoms with Gasteiger partial charge in [0.15, 0.2) is 0 Å². The number of rotatable bonds is 4. The normalized spacial score (nSPS) is 29.3. The van der Waals surface area contributed by atoms with E-state index in [1.807, 2.05) is 26.8 Å². The minimum absolute atomic E-state index is 0.334. The van der Waals surface area contributed by atoms with Gasteiger partial charge in [-0.05, 0) is 52.0 Å². The third kappa shape index (κ3) is 4.48. The summed E-state index contributed by atoms with van der Waals surface area (Å²) in [6.07, 6.45) is 3.71. The Hall–Kier alpha value is -1.59. The van der Waals surface area contributed by atoms with Gasteiger partial charge in [-0.25, -0.2) is 4.79 Å².